The van der Waals surface area contributed by atoms with Crippen LogP contribution < -0.4 is 15.2 Å². The molecule has 2 rings (SSSR count). The van der Waals surface area contributed by atoms with Crippen molar-refractivity contribution in [1.82, 2.24) is 0 Å². The molecule has 0 bridgehead atoms. The highest BCUT2D eigenvalue weighted by Gasteiger charge is 2.10. The van der Waals surface area contributed by atoms with Crippen LogP contribution in [0.5, 0.6) is 11.5 Å². The summed E-state index contributed by atoms with van der Waals surface area (Å²) in [5.74, 6) is 1.32. The van der Waals surface area contributed by atoms with E-state index in [1.165, 1.54) is 6.08 Å². The van der Waals surface area contributed by atoms with Crippen LogP contribution in [0.4, 0.5) is 5.69 Å². The molecule has 4 nitrogen and oxygen atoms in total. The molecular weight excluding hydrogens is 276 g/mol. The van der Waals surface area contributed by atoms with Crippen LogP contribution in [0.25, 0.3) is 5.57 Å². The third-order valence-corrected chi connectivity index (χ3v) is 3.21. The molecule has 0 amide bonds. The summed E-state index contributed by atoms with van der Waals surface area (Å²) in [6.45, 7) is 2.46. The number of ether oxygens (including phenoxy) is 2. The van der Waals surface area contributed by atoms with E-state index in [0.717, 1.165) is 16.7 Å². The maximum atomic E-state index is 9.08. The van der Waals surface area contributed by atoms with Crippen molar-refractivity contribution in [3.05, 3.63) is 59.7 Å². The minimum Gasteiger partial charge on any atom is -0.493 e. The van der Waals surface area contributed by atoms with Gasteiger partial charge < -0.3 is 15.2 Å². The summed E-state index contributed by atoms with van der Waals surface area (Å²) in [6, 6.07) is 15.1. The van der Waals surface area contributed by atoms with Gasteiger partial charge >= 0.3 is 0 Å². The van der Waals surface area contributed by atoms with E-state index in [-0.39, 0.29) is 0 Å². The molecule has 0 aliphatic heterocycles. The molecule has 2 aromatic carbocycles. The molecule has 0 saturated carbocycles. The van der Waals surface area contributed by atoms with E-state index >= 15 is 0 Å². The summed E-state index contributed by atoms with van der Waals surface area (Å²) in [6.07, 6.45) is 1.52. The van der Waals surface area contributed by atoms with E-state index < -0.39 is 0 Å². The molecule has 0 aromatic heterocycles. The third kappa shape index (κ3) is 3.39. The van der Waals surface area contributed by atoms with Crippen LogP contribution in [0, 0.1) is 11.3 Å². The van der Waals surface area contributed by atoms with Gasteiger partial charge in [0.2, 0.25) is 0 Å². The summed E-state index contributed by atoms with van der Waals surface area (Å²) < 4.78 is 10.9. The van der Waals surface area contributed by atoms with Gasteiger partial charge in [0.1, 0.15) is 0 Å². The molecule has 0 fully saturated rings. The van der Waals surface area contributed by atoms with E-state index in [9.17, 15) is 0 Å². The zero-order valence-electron chi connectivity index (χ0n) is 12.7. The Bertz CT molecular complexity index is 713. The maximum absolute atomic E-state index is 9.08. The van der Waals surface area contributed by atoms with Crippen LogP contribution in [0.15, 0.2) is 48.5 Å². The molecule has 0 radical (unpaired) electrons. The Balaban J connectivity index is 2.50. The highest BCUT2D eigenvalue weighted by Crippen LogP contribution is 2.33. The van der Waals surface area contributed by atoms with Crippen LogP contribution in [0.3, 0.4) is 0 Å². The lowest BCUT2D eigenvalue weighted by Gasteiger charge is -2.13. The Morgan fingerprint density at radius 1 is 1.14 bits per heavy atom. The number of anilines is 1. The Hall–Kier alpha value is -2.93. The number of methoxy groups -OCH3 is 1. The summed E-state index contributed by atoms with van der Waals surface area (Å²) in [7, 11) is 1.60. The molecule has 0 aliphatic rings. The molecule has 0 unspecified atom stereocenters. The second-order valence-corrected chi connectivity index (χ2v) is 4.61. The minimum atomic E-state index is 0.541. The predicted molar refractivity (Wildman–Crippen MR) is 87.7 cm³/mol. The first-order chi connectivity index (χ1) is 10.7. The van der Waals surface area contributed by atoms with Crippen LogP contribution in [0.1, 0.15) is 18.1 Å². The van der Waals surface area contributed by atoms with Crippen molar-refractivity contribution in [3.63, 3.8) is 0 Å². The second-order valence-electron chi connectivity index (χ2n) is 4.61. The van der Waals surface area contributed by atoms with Crippen molar-refractivity contribution in [2.24, 2.45) is 0 Å². The van der Waals surface area contributed by atoms with Crippen molar-refractivity contribution >= 4 is 11.3 Å². The van der Waals surface area contributed by atoms with Crippen LogP contribution in [-0.2, 0) is 0 Å². The fourth-order valence-corrected chi connectivity index (χ4v) is 2.17. The van der Waals surface area contributed by atoms with Gasteiger partial charge in [0.05, 0.1) is 19.8 Å². The Kier molecular flexibility index (Phi) is 5.05. The lowest BCUT2D eigenvalue weighted by atomic mass is 9.97. The SMILES string of the molecule is CCOc1cc(/C(=C/C#N)c2ccc(N)cc2)ccc1OC. The van der Waals surface area contributed by atoms with E-state index in [2.05, 4.69) is 6.07 Å². The number of rotatable bonds is 5. The molecule has 0 spiro atoms. The number of nitrogens with zero attached hydrogens (tertiary/aromatic N) is 1. The molecule has 0 heterocycles. The number of hydrogen-bond donors (Lipinski definition) is 1. The first-order valence-electron chi connectivity index (χ1n) is 6.96. The number of hydrogen-bond acceptors (Lipinski definition) is 4. The van der Waals surface area contributed by atoms with Gasteiger partial charge in [-0.1, -0.05) is 18.2 Å². The van der Waals surface area contributed by atoms with E-state index in [1.54, 1.807) is 7.11 Å². The van der Waals surface area contributed by atoms with Crippen LogP contribution in [0.2, 0.25) is 0 Å². The first kappa shape index (κ1) is 15.5. The number of allylic oxidation sites excluding steroid dienone is 1. The van der Waals surface area contributed by atoms with Crippen molar-refractivity contribution in [3.8, 4) is 17.6 Å². The van der Waals surface area contributed by atoms with Crippen molar-refractivity contribution in [2.45, 2.75) is 6.92 Å². The van der Waals surface area contributed by atoms with Gasteiger partial charge in [0, 0.05) is 11.8 Å². The Labute approximate surface area is 130 Å². The van der Waals surface area contributed by atoms with Crippen molar-refractivity contribution in [1.29, 1.82) is 5.26 Å². The van der Waals surface area contributed by atoms with Gasteiger partial charge in [-0.25, -0.2) is 0 Å². The number of nitriles is 1. The molecule has 2 N–H and O–H groups in total. The molecular formula is C18H18N2O2. The standard InChI is InChI=1S/C18H18N2O2/c1-3-22-18-12-14(6-9-17(18)21-2)16(10-11-19)13-4-7-15(20)8-5-13/h4-10,12H,3,20H2,1-2H3/b16-10+. The predicted octanol–water partition coefficient (Wildman–Crippen LogP) is 3.63. The molecule has 0 saturated heterocycles. The second kappa shape index (κ2) is 7.19. The monoisotopic (exact) mass is 294 g/mol. The van der Waals surface area contributed by atoms with Gasteiger partial charge in [0.25, 0.3) is 0 Å². The number of benzene rings is 2. The van der Waals surface area contributed by atoms with Crippen molar-refractivity contribution in [2.75, 3.05) is 19.5 Å². The quantitative estimate of drug-likeness (QED) is 0.675. The first-order valence-corrected chi connectivity index (χ1v) is 6.96. The minimum absolute atomic E-state index is 0.541. The normalized spacial score (nSPS) is 10.9. The summed E-state index contributed by atoms with van der Waals surface area (Å²) in [5, 5.41) is 9.08. The van der Waals surface area contributed by atoms with E-state index in [0.29, 0.717) is 23.8 Å². The van der Waals surface area contributed by atoms with E-state index in [4.69, 9.17) is 20.5 Å². The van der Waals surface area contributed by atoms with Gasteiger partial charge in [-0.05, 0) is 47.9 Å². The lowest BCUT2D eigenvalue weighted by molar-refractivity contribution is 0.311. The Morgan fingerprint density at radius 3 is 2.41 bits per heavy atom. The largest absolute Gasteiger partial charge is 0.493 e. The van der Waals surface area contributed by atoms with Crippen LogP contribution >= 0.6 is 0 Å². The third-order valence-electron chi connectivity index (χ3n) is 3.21. The van der Waals surface area contributed by atoms with E-state index in [1.807, 2.05) is 49.4 Å². The lowest BCUT2D eigenvalue weighted by Crippen LogP contribution is -1.97. The summed E-state index contributed by atoms with van der Waals surface area (Å²) >= 11 is 0. The van der Waals surface area contributed by atoms with Crippen molar-refractivity contribution < 1.29 is 9.47 Å². The molecule has 2 aromatic rings. The Morgan fingerprint density at radius 2 is 1.82 bits per heavy atom. The summed E-state index contributed by atoms with van der Waals surface area (Å²) in [5.41, 5.74) is 9.02. The highest BCUT2D eigenvalue weighted by molar-refractivity contribution is 5.82. The molecule has 22 heavy (non-hydrogen) atoms. The smallest absolute Gasteiger partial charge is 0.161 e. The maximum Gasteiger partial charge on any atom is 0.161 e. The molecule has 0 atom stereocenters. The van der Waals surface area contributed by atoms with Gasteiger partial charge in [0.15, 0.2) is 11.5 Å². The highest BCUT2D eigenvalue weighted by atomic mass is 16.5. The zero-order chi connectivity index (χ0) is 15.9. The van der Waals surface area contributed by atoms with Gasteiger partial charge in [-0.2, -0.15) is 5.26 Å². The molecule has 112 valence electrons. The average molecular weight is 294 g/mol. The average Bonchev–Trinajstić information content (AvgIpc) is 2.54. The fraction of sp³-hybridized carbons (Fsp3) is 0.167. The van der Waals surface area contributed by atoms with Gasteiger partial charge in [-0.15, -0.1) is 0 Å². The molecule has 0 aliphatic carbocycles. The van der Waals surface area contributed by atoms with Gasteiger partial charge in [-0.3, -0.25) is 0 Å². The topological polar surface area (TPSA) is 68.3 Å². The molecule has 4 heteroatoms. The van der Waals surface area contributed by atoms with Crippen LogP contribution in [-0.4, -0.2) is 13.7 Å². The zero-order valence-corrected chi connectivity index (χ0v) is 12.7. The number of nitrogens with two attached hydrogens (primary N) is 1. The number of nitrogen functional groups attached to an aromatic ring is 1. The summed E-state index contributed by atoms with van der Waals surface area (Å²) in [4.78, 5) is 0. The fourth-order valence-electron chi connectivity index (χ4n) is 2.17.